The first kappa shape index (κ1) is 8.64. The van der Waals surface area contributed by atoms with Gasteiger partial charge in [0, 0.05) is 28.5 Å². The third-order valence-electron chi connectivity index (χ3n) is 2.32. The topological polar surface area (TPSA) is 48.2 Å². The van der Waals surface area contributed by atoms with Gasteiger partial charge in [-0.1, -0.05) is 0 Å². The van der Waals surface area contributed by atoms with Crippen molar-refractivity contribution in [3.8, 4) is 6.07 Å². The van der Waals surface area contributed by atoms with E-state index in [0.29, 0.717) is 5.25 Å². The number of rotatable bonds is 0. The predicted molar refractivity (Wildman–Crippen MR) is 54.6 cm³/mol. The molecule has 13 heavy (non-hydrogen) atoms. The highest BCUT2D eigenvalue weighted by molar-refractivity contribution is 8.00. The van der Waals surface area contributed by atoms with Gasteiger partial charge in [0.1, 0.15) is 6.07 Å². The van der Waals surface area contributed by atoms with Gasteiger partial charge < -0.3 is 5.32 Å². The van der Waals surface area contributed by atoms with Crippen LogP contribution in [0.5, 0.6) is 0 Å². The van der Waals surface area contributed by atoms with Gasteiger partial charge in [-0.3, -0.25) is 4.99 Å². The number of nitriles is 1. The molecule has 2 atom stereocenters. The molecule has 2 rings (SSSR count). The van der Waals surface area contributed by atoms with Crippen LogP contribution in [-0.2, 0) is 0 Å². The molecule has 2 aliphatic heterocycles. The molecule has 0 radical (unpaired) electrons. The Kier molecular flexibility index (Phi) is 1.85. The maximum Gasteiger partial charge on any atom is 0.214 e. The van der Waals surface area contributed by atoms with E-state index < -0.39 is 5.66 Å². The summed E-state index contributed by atoms with van der Waals surface area (Å²) in [6.07, 6.45) is 1.84. The van der Waals surface area contributed by atoms with E-state index in [0.717, 1.165) is 5.75 Å². The van der Waals surface area contributed by atoms with E-state index in [1.54, 1.807) is 6.92 Å². The van der Waals surface area contributed by atoms with Crippen LogP contribution in [0.1, 0.15) is 13.8 Å². The molecule has 3 nitrogen and oxygen atoms in total. The van der Waals surface area contributed by atoms with Crippen LogP contribution in [0.4, 0.5) is 0 Å². The van der Waals surface area contributed by atoms with Crippen LogP contribution in [0, 0.1) is 11.3 Å². The number of hydrogen-bond acceptors (Lipinski definition) is 4. The zero-order valence-electron chi connectivity index (χ0n) is 7.66. The zero-order chi connectivity index (χ0) is 9.47. The first-order chi connectivity index (χ1) is 6.14. The fourth-order valence-corrected chi connectivity index (χ4v) is 2.52. The summed E-state index contributed by atoms with van der Waals surface area (Å²) in [6.45, 7) is 3.94. The first-order valence-corrected chi connectivity index (χ1v) is 5.29. The van der Waals surface area contributed by atoms with Gasteiger partial charge >= 0.3 is 0 Å². The first-order valence-electron chi connectivity index (χ1n) is 4.24. The number of nitrogens with zero attached hydrogens (tertiary/aromatic N) is 2. The molecule has 2 unspecified atom stereocenters. The zero-order valence-corrected chi connectivity index (χ0v) is 8.48. The van der Waals surface area contributed by atoms with E-state index in [-0.39, 0.29) is 0 Å². The highest BCUT2D eigenvalue weighted by atomic mass is 32.2. The van der Waals surface area contributed by atoms with Gasteiger partial charge in [0.25, 0.3) is 0 Å². The average Bonchev–Trinajstić information content (AvgIpc) is 2.48. The predicted octanol–water partition coefficient (Wildman–Crippen LogP) is 1.29. The van der Waals surface area contributed by atoms with Crippen molar-refractivity contribution in [1.82, 2.24) is 5.32 Å². The lowest BCUT2D eigenvalue weighted by Crippen LogP contribution is -2.42. The monoisotopic (exact) mass is 193 g/mol. The Morgan fingerprint density at radius 2 is 2.62 bits per heavy atom. The molecule has 2 aliphatic rings. The number of nitrogens with one attached hydrogen (secondary N) is 1. The van der Waals surface area contributed by atoms with E-state index in [1.807, 2.05) is 18.0 Å². The molecule has 0 saturated heterocycles. The molecular formula is C9H11N3S. The van der Waals surface area contributed by atoms with Crippen molar-refractivity contribution < 1.29 is 0 Å². The molecule has 0 amide bonds. The Morgan fingerprint density at radius 3 is 3.31 bits per heavy atom. The molecule has 1 N–H and O–H groups in total. The standard InChI is InChI=1S/C9H11N3S/c1-6-8-7(4-13-6)3-11-9(2,5-10)12-8/h3,6,12H,4H2,1-2H3. The molecular weight excluding hydrogens is 182 g/mol. The summed E-state index contributed by atoms with van der Waals surface area (Å²) < 4.78 is 0. The van der Waals surface area contributed by atoms with Crippen LogP contribution in [0.3, 0.4) is 0 Å². The number of hydrogen-bond donors (Lipinski definition) is 1. The van der Waals surface area contributed by atoms with Crippen LogP contribution in [0.15, 0.2) is 16.3 Å². The highest BCUT2D eigenvalue weighted by Gasteiger charge is 2.32. The summed E-state index contributed by atoms with van der Waals surface area (Å²) in [6, 6.07) is 2.16. The van der Waals surface area contributed by atoms with E-state index in [2.05, 4.69) is 23.3 Å². The Bertz CT molecular complexity index is 339. The minimum atomic E-state index is -0.752. The van der Waals surface area contributed by atoms with Gasteiger partial charge in [0.15, 0.2) is 0 Å². The lowest BCUT2D eigenvalue weighted by Gasteiger charge is -2.26. The summed E-state index contributed by atoms with van der Waals surface area (Å²) in [5.74, 6) is 1.01. The van der Waals surface area contributed by atoms with Gasteiger partial charge in [-0.15, -0.1) is 11.8 Å². The molecule has 2 heterocycles. The molecule has 0 saturated carbocycles. The Labute approximate surface area is 81.9 Å². The Morgan fingerprint density at radius 1 is 1.85 bits per heavy atom. The van der Waals surface area contributed by atoms with E-state index >= 15 is 0 Å². The third kappa shape index (κ3) is 1.33. The minimum Gasteiger partial charge on any atom is -0.352 e. The quantitative estimate of drug-likeness (QED) is 0.630. The second kappa shape index (κ2) is 2.78. The number of aliphatic imine (C=N–C) groups is 1. The van der Waals surface area contributed by atoms with Crippen LogP contribution < -0.4 is 5.32 Å². The van der Waals surface area contributed by atoms with Crippen molar-refractivity contribution in [2.45, 2.75) is 24.8 Å². The molecule has 68 valence electrons. The number of thioether (sulfide) groups is 1. The largest absolute Gasteiger partial charge is 0.352 e. The van der Waals surface area contributed by atoms with Crippen molar-refractivity contribution >= 4 is 18.0 Å². The van der Waals surface area contributed by atoms with Crippen molar-refractivity contribution in [3.63, 3.8) is 0 Å². The molecule has 0 aromatic heterocycles. The van der Waals surface area contributed by atoms with Gasteiger partial charge in [-0.05, 0) is 13.8 Å². The van der Waals surface area contributed by atoms with E-state index in [9.17, 15) is 0 Å². The fraction of sp³-hybridized carbons (Fsp3) is 0.556. The minimum absolute atomic E-state index is 0.467. The van der Waals surface area contributed by atoms with E-state index in [4.69, 9.17) is 5.26 Å². The molecule has 4 heteroatoms. The summed E-state index contributed by atoms with van der Waals surface area (Å²) in [4.78, 5) is 4.19. The Hall–Kier alpha value is -0.950. The molecule has 0 spiro atoms. The normalized spacial score (nSPS) is 36.8. The van der Waals surface area contributed by atoms with Gasteiger partial charge in [0.05, 0.1) is 0 Å². The van der Waals surface area contributed by atoms with Crippen molar-refractivity contribution in [2.24, 2.45) is 4.99 Å². The maximum absolute atomic E-state index is 8.90. The molecule has 0 aromatic carbocycles. The summed E-state index contributed by atoms with van der Waals surface area (Å²) in [5.41, 5.74) is 1.67. The summed E-state index contributed by atoms with van der Waals surface area (Å²) in [5, 5.41) is 12.6. The van der Waals surface area contributed by atoms with Gasteiger partial charge in [-0.25, -0.2) is 0 Å². The summed E-state index contributed by atoms with van der Waals surface area (Å²) >= 11 is 1.88. The molecule has 0 aliphatic carbocycles. The van der Waals surface area contributed by atoms with Crippen LogP contribution >= 0.6 is 11.8 Å². The van der Waals surface area contributed by atoms with Crippen molar-refractivity contribution in [3.05, 3.63) is 11.3 Å². The molecule has 0 fully saturated rings. The van der Waals surface area contributed by atoms with Crippen LogP contribution in [0.25, 0.3) is 0 Å². The molecule has 0 bridgehead atoms. The highest BCUT2D eigenvalue weighted by Crippen LogP contribution is 2.33. The SMILES string of the molecule is CC1SCC2=C1NC(C)(C#N)N=C2. The Balaban J connectivity index is 2.31. The fourth-order valence-electron chi connectivity index (χ4n) is 1.48. The van der Waals surface area contributed by atoms with Crippen molar-refractivity contribution in [2.75, 3.05) is 5.75 Å². The third-order valence-corrected chi connectivity index (χ3v) is 3.53. The van der Waals surface area contributed by atoms with Gasteiger partial charge in [0.2, 0.25) is 5.66 Å². The van der Waals surface area contributed by atoms with E-state index in [1.165, 1.54) is 11.3 Å². The smallest absolute Gasteiger partial charge is 0.214 e. The lowest BCUT2D eigenvalue weighted by atomic mass is 10.1. The van der Waals surface area contributed by atoms with Crippen LogP contribution in [-0.4, -0.2) is 22.9 Å². The molecule has 0 aromatic rings. The lowest BCUT2D eigenvalue weighted by molar-refractivity contribution is 0.507. The second-order valence-corrected chi connectivity index (χ2v) is 4.79. The maximum atomic E-state index is 8.90. The second-order valence-electron chi connectivity index (χ2n) is 3.46. The van der Waals surface area contributed by atoms with Gasteiger partial charge in [-0.2, -0.15) is 5.26 Å². The average molecular weight is 193 g/mol. The van der Waals surface area contributed by atoms with Crippen LogP contribution in [0.2, 0.25) is 0 Å². The summed E-state index contributed by atoms with van der Waals surface area (Å²) in [7, 11) is 0. The van der Waals surface area contributed by atoms with Crippen molar-refractivity contribution in [1.29, 1.82) is 5.26 Å².